The highest BCUT2D eigenvalue weighted by Gasteiger charge is 2.16. The first kappa shape index (κ1) is 11.7. The molecule has 0 atom stereocenters. The van der Waals surface area contributed by atoms with Crippen molar-refractivity contribution in [2.75, 3.05) is 31.6 Å². The number of urea groups is 1. The van der Waals surface area contributed by atoms with Crippen LogP contribution in [0.1, 0.15) is 25.7 Å². The summed E-state index contributed by atoms with van der Waals surface area (Å²) in [6, 6.07) is 0.131. The Hall–Kier alpha value is -0.380. The Balaban J connectivity index is 1.97. The highest BCUT2D eigenvalue weighted by Crippen LogP contribution is 2.06. The van der Waals surface area contributed by atoms with E-state index in [-0.39, 0.29) is 6.03 Å². The van der Waals surface area contributed by atoms with Crippen LogP contribution in [-0.2, 0) is 0 Å². The molecule has 1 fully saturated rings. The summed E-state index contributed by atoms with van der Waals surface area (Å²) < 4.78 is 0. The van der Waals surface area contributed by atoms with Crippen LogP contribution >= 0.6 is 11.8 Å². The Morgan fingerprint density at radius 2 is 2.07 bits per heavy atom. The summed E-state index contributed by atoms with van der Waals surface area (Å²) in [5, 5.41) is 2.96. The summed E-state index contributed by atoms with van der Waals surface area (Å²) in [7, 11) is 0. The topological polar surface area (TPSA) is 32.3 Å². The van der Waals surface area contributed by atoms with E-state index in [0.29, 0.717) is 0 Å². The highest BCUT2D eigenvalue weighted by molar-refractivity contribution is 7.98. The molecule has 0 bridgehead atoms. The van der Waals surface area contributed by atoms with Gasteiger partial charge in [0.2, 0.25) is 0 Å². The van der Waals surface area contributed by atoms with E-state index >= 15 is 0 Å². The van der Waals surface area contributed by atoms with Crippen LogP contribution in [0.4, 0.5) is 4.79 Å². The fourth-order valence-electron chi connectivity index (χ4n) is 1.60. The minimum atomic E-state index is 0.131. The summed E-state index contributed by atoms with van der Waals surface area (Å²) in [6.45, 7) is 2.71. The maximum absolute atomic E-state index is 11.5. The number of hydrogen-bond acceptors (Lipinski definition) is 2. The summed E-state index contributed by atoms with van der Waals surface area (Å²) in [5.74, 6) is 1.19. The molecule has 1 rings (SSSR count). The maximum atomic E-state index is 11.5. The number of unbranched alkanes of at least 4 members (excludes halogenated alkanes) is 1. The zero-order chi connectivity index (χ0) is 10.2. The van der Waals surface area contributed by atoms with Crippen molar-refractivity contribution >= 4 is 17.8 Å². The van der Waals surface area contributed by atoms with Crippen molar-refractivity contribution in [3.05, 3.63) is 0 Å². The van der Waals surface area contributed by atoms with E-state index in [9.17, 15) is 4.79 Å². The van der Waals surface area contributed by atoms with Crippen LogP contribution in [0.25, 0.3) is 0 Å². The van der Waals surface area contributed by atoms with Crippen LogP contribution in [-0.4, -0.2) is 42.6 Å². The first-order valence-corrected chi connectivity index (χ1v) is 6.75. The van der Waals surface area contributed by atoms with Crippen molar-refractivity contribution in [3.8, 4) is 0 Å². The minimum absolute atomic E-state index is 0.131. The van der Waals surface area contributed by atoms with Gasteiger partial charge in [0, 0.05) is 19.6 Å². The molecule has 3 nitrogen and oxygen atoms in total. The third-order valence-electron chi connectivity index (χ3n) is 2.44. The van der Waals surface area contributed by atoms with Crippen LogP contribution in [0.15, 0.2) is 0 Å². The molecule has 4 heteroatoms. The lowest BCUT2D eigenvalue weighted by Crippen LogP contribution is -2.38. The van der Waals surface area contributed by atoms with E-state index in [1.165, 1.54) is 25.0 Å². The number of rotatable bonds is 5. The van der Waals surface area contributed by atoms with Gasteiger partial charge in [-0.05, 0) is 37.7 Å². The van der Waals surface area contributed by atoms with Gasteiger partial charge in [-0.25, -0.2) is 4.79 Å². The van der Waals surface area contributed by atoms with Gasteiger partial charge in [0.05, 0.1) is 0 Å². The number of hydrogen-bond donors (Lipinski definition) is 1. The van der Waals surface area contributed by atoms with E-state index in [1.54, 1.807) is 0 Å². The van der Waals surface area contributed by atoms with Gasteiger partial charge in [-0.3, -0.25) is 0 Å². The Morgan fingerprint density at radius 3 is 2.71 bits per heavy atom. The van der Waals surface area contributed by atoms with Crippen LogP contribution < -0.4 is 5.32 Å². The predicted octanol–water partition coefficient (Wildman–Crippen LogP) is 1.94. The molecule has 1 aliphatic rings. The second-order valence-corrected chi connectivity index (χ2v) is 4.61. The molecule has 1 N–H and O–H groups in total. The van der Waals surface area contributed by atoms with Gasteiger partial charge in [0.15, 0.2) is 0 Å². The lowest BCUT2D eigenvalue weighted by molar-refractivity contribution is 0.208. The molecule has 14 heavy (non-hydrogen) atoms. The molecule has 0 saturated carbocycles. The monoisotopic (exact) mass is 216 g/mol. The third kappa shape index (κ3) is 4.22. The molecular weight excluding hydrogens is 196 g/mol. The van der Waals surface area contributed by atoms with Crippen LogP contribution in [0.5, 0.6) is 0 Å². The Kier molecular flexibility index (Phi) is 5.83. The molecule has 0 aromatic carbocycles. The fourth-order valence-corrected chi connectivity index (χ4v) is 2.09. The predicted molar refractivity (Wildman–Crippen MR) is 61.8 cm³/mol. The number of carbonyl (C=O) groups is 1. The largest absolute Gasteiger partial charge is 0.338 e. The quantitative estimate of drug-likeness (QED) is 0.712. The molecule has 82 valence electrons. The average molecular weight is 216 g/mol. The molecule has 0 unspecified atom stereocenters. The van der Waals surface area contributed by atoms with Gasteiger partial charge < -0.3 is 10.2 Å². The van der Waals surface area contributed by atoms with Gasteiger partial charge in [0.1, 0.15) is 0 Å². The van der Waals surface area contributed by atoms with E-state index in [2.05, 4.69) is 11.6 Å². The van der Waals surface area contributed by atoms with Crippen LogP contribution in [0.2, 0.25) is 0 Å². The summed E-state index contributed by atoms with van der Waals surface area (Å²) in [5.41, 5.74) is 0. The molecule has 1 aliphatic heterocycles. The van der Waals surface area contributed by atoms with Crippen molar-refractivity contribution in [2.24, 2.45) is 0 Å². The molecule has 0 aromatic rings. The van der Waals surface area contributed by atoms with Crippen molar-refractivity contribution in [1.29, 1.82) is 0 Å². The number of nitrogens with zero attached hydrogens (tertiary/aromatic N) is 1. The average Bonchev–Trinajstić information content (AvgIpc) is 2.70. The smallest absolute Gasteiger partial charge is 0.317 e. The van der Waals surface area contributed by atoms with E-state index in [1.807, 2.05) is 16.7 Å². The fraction of sp³-hybridized carbons (Fsp3) is 0.900. The van der Waals surface area contributed by atoms with Crippen LogP contribution in [0, 0.1) is 0 Å². The van der Waals surface area contributed by atoms with Crippen molar-refractivity contribution in [3.63, 3.8) is 0 Å². The van der Waals surface area contributed by atoms with Gasteiger partial charge >= 0.3 is 6.03 Å². The number of amides is 2. The second kappa shape index (κ2) is 6.98. The van der Waals surface area contributed by atoms with E-state index in [4.69, 9.17) is 0 Å². The Labute approximate surface area is 90.6 Å². The highest BCUT2D eigenvalue weighted by atomic mass is 32.2. The normalized spacial score (nSPS) is 15.9. The molecule has 2 amide bonds. The summed E-state index contributed by atoms with van der Waals surface area (Å²) in [4.78, 5) is 13.4. The Morgan fingerprint density at radius 1 is 1.36 bits per heavy atom. The number of thioether (sulfide) groups is 1. The Bertz CT molecular complexity index is 170. The van der Waals surface area contributed by atoms with Gasteiger partial charge in [-0.15, -0.1) is 0 Å². The standard InChI is InChI=1S/C10H20N2OS/c1-14-9-5-2-6-11-10(13)12-7-3-4-8-12/h2-9H2,1H3,(H,11,13). The van der Waals surface area contributed by atoms with Crippen molar-refractivity contribution < 1.29 is 4.79 Å². The summed E-state index contributed by atoms with van der Waals surface area (Å²) >= 11 is 1.86. The molecule has 0 aromatic heterocycles. The van der Waals surface area contributed by atoms with Gasteiger partial charge in [0.25, 0.3) is 0 Å². The number of likely N-dealkylation sites (tertiary alicyclic amines) is 1. The summed E-state index contributed by atoms with van der Waals surface area (Å²) in [6.07, 6.45) is 6.74. The first-order valence-electron chi connectivity index (χ1n) is 5.36. The van der Waals surface area contributed by atoms with Crippen molar-refractivity contribution in [2.45, 2.75) is 25.7 Å². The molecular formula is C10H20N2OS. The molecule has 0 spiro atoms. The van der Waals surface area contributed by atoms with Crippen molar-refractivity contribution in [1.82, 2.24) is 10.2 Å². The zero-order valence-electron chi connectivity index (χ0n) is 8.92. The number of nitrogens with one attached hydrogen (secondary N) is 1. The van der Waals surface area contributed by atoms with E-state index in [0.717, 1.165) is 26.1 Å². The minimum Gasteiger partial charge on any atom is -0.338 e. The lowest BCUT2D eigenvalue weighted by atomic mass is 10.3. The molecule has 1 saturated heterocycles. The molecule has 0 radical (unpaired) electrons. The molecule has 0 aliphatic carbocycles. The zero-order valence-corrected chi connectivity index (χ0v) is 9.74. The SMILES string of the molecule is CSCCCCNC(=O)N1CCCC1. The lowest BCUT2D eigenvalue weighted by Gasteiger charge is -2.15. The third-order valence-corrected chi connectivity index (χ3v) is 3.14. The van der Waals surface area contributed by atoms with Gasteiger partial charge in [-0.1, -0.05) is 0 Å². The second-order valence-electron chi connectivity index (χ2n) is 3.63. The van der Waals surface area contributed by atoms with E-state index < -0.39 is 0 Å². The van der Waals surface area contributed by atoms with Crippen LogP contribution in [0.3, 0.4) is 0 Å². The number of carbonyl (C=O) groups excluding carboxylic acids is 1. The van der Waals surface area contributed by atoms with Gasteiger partial charge in [-0.2, -0.15) is 11.8 Å². The first-order chi connectivity index (χ1) is 6.84. The maximum Gasteiger partial charge on any atom is 0.317 e. The molecule has 1 heterocycles.